The quantitative estimate of drug-likeness (QED) is 0.786. The molecule has 1 aliphatic rings. The molecule has 1 heterocycles. The second-order valence-electron chi connectivity index (χ2n) is 4.18. The van der Waals surface area contributed by atoms with E-state index in [1.807, 2.05) is 0 Å². The molecule has 0 radical (unpaired) electrons. The highest BCUT2D eigenvalue weighted by atomic mass is 16.5. The van der Waals surface area contributed by atoms with E-state index in [4.69, 9.17) is 4.52 Å². The number of aromatic nitrogens is 2. The van der Waals surface area contributed by atoms with Crippen molar-refractivity contribution < 1.29 is 9.63 Å². The summed E-state index contributed by atoms with van der Waals surface area (Å²) in [7, 11) is 0. The minimum absolute atomic E-state index is 0.398. The first kappa shape index (κ1) is 9.65. The summed E-state index contributed by atoms with van der Waals surface area (Å²) in [6.45, 7) is 3.86. The van der Waals surface area contributed by atoms with E-state index in [1.54, 1.807) is 6.92 Å². The Balaban J connectivity index is 2.16. The molecule has 3 unspecified atom stereocenters. The maximum Gasteiger partial charge on any atom is 0.230 e. The van der Waals surface area contributed by atoms with E-state index in [0.29, 0.717) is 23.6 Å². The van der Waals surface area contributed by atoms with Gasteiger partial charge < -0.3 is 9.63 Å². The van der Waals surface area contributed by atoms with Crippen LogP contribution in [0.2, 0.25) is 0 Å². The Morgan fingerprint density at radius 2 is 2.29 bits per heavy atom. The van der Waals surface area contributed by atoms with Crippen molar-refractivity contribution in [2.24, 2.45) is 5.92 Å². The molecular weight excluding hydrogens is 180 g/mol. The van der Waals surface area contributed by atoms with Crippen molar-refractivity contribution in [3.63, 3.8) is 0 Å². The van der Waals surface area contributed by atoms with Crippen molar-refractivity contribution in [2.75, 3.05) is 0 Å². The zero-order valence-corrected chi connectivity index (χ0v) is 8.60. The number of aliphatic hydroxyl groups excluding tert-OH is 1. The van der Waals surface area contributed by atoms with Gasteiger partial charge >= 0.3 is 0 Å². The Bertz CT molecular complexity index is 309. The largest absolute Gasteiger partial charge is 0.385 e. The summed E-state index contributed by atoms with van der Waals surface area (Å²) in [6, 6.07) is 0. The summed E-state index contributed by atoms with van der Waals surface area (Å²) >= 11 is 0. The molecule has 1 saturated carbocycles. The predicted octanol–water partition coefficient (Wildman–Crippen LogP) is 2.03. The van der Waals surface area contributed by atoms with Crippen LogP contribution in [-0.2, 0) is 0 Å². The summed E-state index contributed by atoms with van der Waals surface area (Å²) in [6.07, 6.45) is 2.96. The molecule has 3 atom stereocenters. The smallest absolute Gasteiger partial charge is 0.230 e. The van der Waals surface area contributed by atoms with Crippen LogP contribution < -0.4 is 0 Å². The van der Waals surface area contributed by atoms with Crippen molar-refractivity contribution in [3.8, 4) is 0 Å². The van der Waals surface area contributed by atoms with E-state index in [0.717, 1.165) is 6.42 Å². The molecular formula is C10H16N2O2. The van der Waals surface area contributed by atoms with E-state index in [2.05, 4.69) is 17.1 Å². The van der Waals surface area contributed by atoms with Crippen LogP contribution in [-0.4, -0.2) is 15.2 Å². The van der Waals surface area contributed by atoms with Gasteiger partial charge in [-0.2, -0.15) is 4.98 Å². The highest BCUT2D eigenvalue weighted by Gasteiger charge is 2.29. The molecule has 14 heavy (non-hydrogen) atoms. The van der Waals surface area contributed by atoms with E-state index < -0.39 is 6.10 Å². The number of nitrogens with zero attached hydrogens (tertiary/aromatic N) is 2. The van der Waals surface area contributed by atoms with Crippen molar-refractivity contribution in [1.82, 2.24) is 10.1 Å². The first-order chi connectivity index (χ1) is 6.68. The molecule has 1 aromatic rings. The molecule has 0 saturated heterocycles. The number of rotatable bonds is 2. The van der Waals surface area contributed by atoms with Crippen LogP contribution in [0.5, 0.6) is 0 Å². The van der Waals surface area contributed by atoms with Crippen LogP contribution in [0.3, 0.4) is 0 Å². The van der Waals surface area contributed by atoms with E-state index in [9.17, 15) is 5.11 Å². The van der Waals surface area contributed by atoms with Gasteiger partial charge in [-0.15, -0.1) is 0 Å². The number of hydrogen-bond acceptors (Lipinski definition) is 4. The topological polar surface area (TPSA) is 59.2 Å². The van der Waals surface area contributed by atoms with Crippen LogP contribution in [0, 0.1) is 5.92 Å². The second-order valence-corrected chi connectivity index (χ2v) is 4.18. The lowest BCUT2D eigenvalue weighted by atomic mass is 9.98. The average molecular weight is 196 g/mol. The van der Waals surface area contributed by atoms with Gasteiger partial charge in [0.2, 0.25) is 5.89 Å². The minimum Gasteiger partial charge on any atom is -0.385 e. The maximum absolute atomic E-state index is 9.26. The van der Waals surface area contributed by atoms with Crippen LogP contribution >= 0.6 is 0 Å². The van der Waals surface area contributed by atoms with Gasteiger partial charge in [0.25, 0.3) is 0 Å². The van der Waals surface area contributed by atoms with Gasteiger partial charge in [0.1, 0.15) is 6.10 Å². The fraction of sp³-hybridized carbons (Fsp3) is 0.800. The molecule has 1 fully saturated rings. The summed E-state index contributed by atoms with van der Waals surface area (Å²) < 4.78 is 5.16. The summed E-state index contributed by atoms with van der Waals surface area (Å²) in [5, 5.41) is 13.0. The molecule has 4 nitrogen and oxygen atoms in total. The SMILES string of the molecule is CC(O)c1noc(C2CCCC2C)n1. The van der Waals surface area contributed by atoms with Crippen molar-refractivity contribution >= 4 is 0 Å². The number of aliphatic hydroxyl groups is 1. The van der Waals surface area contributed by atoms with Gasteiger partial charge in [-0.1, -0.05) is 18.5 Å². The highest BCUT2D eigenvalue weighted by molar-refractivity contribution is 4.99. The second kappa shape index (κ2) is 3.69. The Morgan fingerprint density at radius 1 is 1.50 bits per heavy atom. The van der Waals surface area contributed by atoms with E-state index in [1.165, 1.54) is 12.8 Å². The Kier molecular flexibility index (Phi) is 2.54. The predicted molar refractivity (Wildman–Crippen MR) is 50.7 cm³/mol. The molecule has 0 spiro atoms. The van der Waals surface area contributed by atoms with Gasteiger partial charge in [-0.05, 0) is 25.7 Å². The Morgan fingerprint density at radius 3 is 2.79 bits per heavy atom. The zero-order valence-electron chi connectivity index (χ0n) is 8.60. The first-order valence-corrected chi connectivity index (χ1v) is 5.20. The summed E-state index contributed by atoms with van der Waals surface area (Å²) in [4.78, 5) is 4.21. The van der Waals surface area contributed by atoms with Gasteiger partial charge in [-0.25, -0.2) is 0 Å². The Hall–Kier alpha value is -0.900. The van der Waals surface area contributed by atoms with Gasteiger partial charge in [0.05, 0.1) is 0 Å². The van der Waals surface area contributed by atoms with E-state index in [-0.39, 0.29) is 0 Å². The monoisotopic (exact) mass is 196 g/mol. The van der Waals surface area contributed by atoms with Gasteiger partial charge in [-0.3, -0.25) is 0 Å². The third kappa shape index (κ3) is 1.66. The summed E-state index contributed by atoms with van der Waals surface area (Å²) in [5.74, 6) is 2.12. The lowest BCUT2D eigenvalue weighted by molar-refractivity contribution is 0.184. The average Bonchev–Trinajstić information content (AvgIpc) is 2.71. The van der Waals surface area contributed by atoms with Crippen LogP contribution in [0.4, 0.5) is 0 Å². The van der Waals surface area contributed by atoms with Gasteiger partial charge in [0, 0.05) is 5.92 Å². The standard InChI is InChI=1S/C10H16N2O2/c1-6-4-3-5-8(6)10-11-9(7(2)13)12-14-10/h6-8,13H,3-5H2,1-2H3. The molecule has 1 N–H and O–H groups in total. The summed E-state index contributed by atoms with van der Waals surface area (Å²) in [5.41, 5.74) is 0. The Labute approximate surface area is 83.3 Å². The fourth-order valence-corrected chi connectivity index (χ4v) is 2.08. The van der Waals surface area contributed by atoms with Crippen molar-refractivity contribution in [3.05, 3.63) is 11.7 Å². The first-order valence-electron chi connectivity index (χ1n) is 5.20. The normalized spacial score (nSPS) is 29.4. The molecule has 0 aliphatic heterocycles. The van der Waals surface area contributed by atoms with Gasteiger partial charge in [0.15, 0.2) is 5.82 Å². The molecule has 78 valence electrons. The lowest BCUT2D eigenvalue weighted by Gasteiger charge is -2.08. The molecule has 0 bridgehead atoms. The van der Waals surface area contributed by atoms with Crippen LogP contribution in [0.25, 0.3) is 0 Å². The van der Waals surface area contributed by atoms with Crippen molar-refractivity contribution in [1.29, 1.82) is 0 Å². The maximum atomic E-state index is 9.26. The number of hydrogen-bond donors (Lipinski definition) is 1. The molecule has 4 heteroatoms. The van der Waals surface area contributed by atoms with E-state index >= 15 is 0 Å². The fourth-order valence-electron chi connectivity index (χ4n) is 2.08. The minimum atomic E-state index is -0.635. The van der Waals surface area contributed by atoms with Crippen LogP contribution in [0.1, 0.15) is 56.8 Å². The molecule has 1 aliphatic carbocycles. The lowest BCUT2D eigenvalue weighted by Crippen LogP contribution is -2.03. The third-order valence-electron chi connectivity index (χ3n) is 3.01. The zero-order chi connectivity index (χ0) is 10.1. The molecule has 0 amide bonds. The molecule has 1 aromatic heterocycles. The van der Waals surface area contributed by atoms with Crippen molar-refractivity contribution in [2.45, 2.75) is 45.1 Å². The third-order valence-corrected chi connectivity index (χ3v) is 3.01. The molecule has 0 aromatic carbocycles. The molecule has 2 rings (SSSR count). The van der Waals surface area contributed by atoms with Crippen LogP contribution in [0.15, 0.2) is 4.52 Å². The highest BCUT2D eigenvalue weighted by Crippen LogP contribution is 2.38.